The highest BCUT2D eigenvalue weighted by molar-refractivity contribution is 6.04. The number of nitrogens with one attached hydrogen (secondary N) is 5. The quantitative estimate of drug-likeness (QED) is 0.0644. The number of alkyl halides is 3. The predicted octanol–water partition coefficient (Wildman–Crippen LogP) is 7.29. The second-order valence-electron chi connectivity index (χ2n) is 16.2. The standard InChI is InChI=1S/C42H48F4N8O6/c1-22(2)35(53-40(58)59-6)39(57)54-21-23(3)15-32(54)36-50-20-31(51-36)25-9-7-24(8-10-25)27-16-29(43)30(17-33(27)60-42(44,45)46)52-37(55)26-11-12-34(49-19-26)47-13-14-48-38(56)28-18-41(28,4)5/h7-12,16-17,19-20,22-23,28,32,35H,13-15,18,21H2,1-6H3,(H,47,49)(H,48,56)(H,50,51)(H,52,55)(H,53,58)/t23-,28+,32-,35-/m0/s1. The van der Waals surface area contributed by atoms with Crippen LogP contribution in [0.3, 0.4) is 0 Å². The molecule has 1 aliphatic heterocycles. The molecule has 0 radical (unpaired) electrons. The van der Waals surface area contributed by atoms with Gasteiger partial charge in [-0.15, -0.1) is 13.2 Å². The van der Waals surface area contributed by atoms with Crippen molar-refractivity contribution >= 4 is 35.3 Å². The monoisotopic (exact) mass is 836 g/mol. The summed E-state index contributed by atoms with van der Waals surface area (Å²) in [6.07, 6.45) is -1.58. The highest BCUT2D eigenvalue weighted by Gasteiger charge is 2.50. The fourth-order valence-electron chi connectivity index (χ4n) is 7.23. The molecule has 2 aromatic carbocycles. The maximum Gasteiger partial charge on any atom is 0.573 e. The maximum atomic E-state index is 15.5. The molecule has 14 nitrogen and oxygen atoms in total. The molecule has 1 saturated carbocycles. The van der Waals surface area contributed by atoms with Crippen molar-refractivity contribution in [3.63, 3.8) is 0 Å². The average Bonchev–Trinajstić information content (AvgIpc) is 3.48. The highest BCUT2D eigenvalue weighted by Crippen LogP contribution is 2.51. The van der Waals surface area contributed by atoms with E-state index in [1.807, 2.05) is 34.6 Å². The van der Waals surface area contributed by atoms with E-state index < -0.39 is 47.7 Å². The van der Waals surface area contributed by atoms with E-state index in [9.17, 15) is 32.3 Å². The Bertz CT molecular complexity index is 2210. The number of aromatic amines is 1. The van der Waals surface area contributed by atoms with Crippen molar-refractivity contribution in [2.75, 3.05) is 37.4 Å². The van der Waals surface area contributed by atoms with Crippen LogP contribution in [-0.4, -0.2) is 82.8 Å². The van der Waals surface area contributed by atoms with E-state index in [2.05, 4.69) is 41.0 Å². The number of carbonyl (C=O) groups is 4. The molecule has 3 heterocycles. The van der Waals surface area contributed by atoms with Gasteiger partial charge in [-0.3, -0.25) is 14.4 Å². The summed E-state index contributed by atoms with van der Waals surface area (Å²) in [6, 6.07) is 9.53. The number of nitrogens with zero attached hydrogens (tertiary/aromatic N) is 3. The van der Waals surface area contributed by atoms with Crippen molar-refractivity contribution in [1.29, 1.82) is 0 Å². The summed E-state index contributed by atoms with van der Waals surface area (Å²) < 4.78 is 65.4. The zero-order chi connectivity index (χ0) is 43.5. The van der Waals surface area contributed by atoms with Crippen LogP contribution in [0.15, 0.2) is 60.9 Å². The number of methoxy groups -OCH3 is 1. The zero-order valence-electron chi connectivity index (χ0n) is 34.0. The lowest BCUT2D eigenvalue weighted by Gasteiger charge is -2.30. The third kappa shape index (κ3) is 10.3. The van der Waals surface area contributed by atoms with Crippen LogP contribution in [0.2, 0.25) is 0 Å². The summed E-state index contributed by atoms with van der Waals surface area (Å²) in [4.78, 5) is 64.5. The van der Waals surface area contributed by atoms with Gasteiger partial charge in [0.2, 0.25) is 11.8 Å². The first-order chi connectivity index (χ1) is 28.3. The lowest BCUT2D eigenvalue weighted by Crippen LogP contribution is -2.51. The van der Waals surface area contributed by atoms with Crippen LogP contribution in [0.4, 0.5) is 33.9 Å². The summed E-state index contributed by atoms with van der Waals surface area (Å²) in [5.41, 5.74) is 0.631. The molecule has 6 rings (SSSR count). The number of aromatic nitrogens is 3. The number of amides is 4. The lowest BCUT2D eigenvalue weighted by atomic mass is 10.0. The van der Waals surface area contributed by atoms with Gasteiger partial charge in [0.15, 0.2) is 0 Å². The van der Waals surface area contributed by atoms with E-state index in [1.165, 1.54) is 37.6 Å². The van der Waals surface area contributed by atoms with Gasteiger partial charge in [-0.2, -0.15) is 0 Å². The Hall–Kier alpha value is -6.20. The largest absolute Gasteiger partial charge is 0.573 e. The molecule has 4 aromatic rings. The Labute approximate surface area is 344 Å². The Morgan fingerprint density at radius 2 is 1.70 bits per heavy atom. The summed E-state index contributed by atoms with van der Waals surface area (Å²) >= 11 is 0. The number of hydrogen-bond acceptors (Lipinski definition) is 9. The molecule has 1 aliphatic carbocycles. The molecule has 4 amide bonds. The number of ether oxygens (including phenoxy) is 2. The minimum absolute atomic E-state index is 0.00350. The molecule has 2 aliphatic rings. The number of pyridine rings is 1. The molecule has 18 heteroatoms. The molecule has 2 aromatic heterocycles. The van der Waals surface area contributed by atoms with Crippen LogP contribution in [-0.2, 0) is 14.3 Å². The highest BCUT2D eigenvalue weighted by atomic mass is 19.4. The molecule has 60 heavy (non-hydrogen) atoms. The first kappa shape index (κ1) is 43.4. The van der Waals surface area contributed by atoms with E-state index in [0.717, 1.165) is 18.6 Å². The van der Waals surface area contributed by atoms with Crippen LogP contribution in [0.25, 0.3) is 22.4 Å². The smallest absolute Gasteiger partial charge is 0.453 e. The molecule has 5 N–H and O–H groups in total. The second-order valence-corrected chi connectivity index (χ2v) is 16.2. The second kappa shape index (κ2) is 17.6. The van der Waals surface area contributed by atoms with Gasteiger partial charge >= 0.3 is 12.5 Å². The van der Waals surface area contributed by atoms with E-state index in [-0.39, 0.29) is 51.7 Å². The third-order valence-electron chi connectivity index (χ3n) is 10.7. The van der Waals surface area contributed by atoms with Gasteiger partial charge in [0.25, 0.3) is 5.91 Å². The van der Waals surface area contributed by atoms with Crippen LogP contribution < -0.4 is 26.0 Å². The maximum absolute atomic E-state index is 15.5. The Kier molecular flexibility index (Phi) is 12.7. The number of benzene rings is 2. The molecule has 2 fully saturated rings. The van der Waals surface area contributed by atoms with Crippen molar-refractivity contribution in [1.82, 2.24) is 30.5 Å². The summed E-state index contributed by atoms with van der Waals surface area (Å²) in [5.74, 6) is -1.98. The molecular weight excluding hydrogens is 789 g/mol. The summed E-state index contributed by atoms with van der Waals surface area (Å²) in [5, 5.41) is 10.8. The molecule has 0 unspecified atom stereocenters. The van der Waals surface area contributed by atoms with E-state index >= 15 is 4.39 Å². The summed E-state index contributed by atoms with van der Waals surface area (Å²) in [6.45, 7) is 10.9. The van der Waals surface area contributed by atoms with E-state index in [0.29, 0.717) is 49.0 Å². The van der Waals surface area contributed by atoms with Crippen LogP contribution in [0, 0.1) is 29.0 Å². The van der Waals surface area contributed by atoms with Crippen molar-refractivity contribution in [2.24, 2.45) is 23.2 Å². The molecule has 0 bridgehead atoms. The van der Waals surface area contributed by atoms with Gasteiger partial charge in [0, 0.05) is 43.4 Å². The number of imidazole rings is 1. The van der Waals surface area contributed by atoms with Crippen molar-refractivity contribution < 1.29 is 46.2 Å². The fourth-order valence-corrected chi connectivity index (χ4v) is 7.23. The van der Waals surface area contributed by atoms with E-state index in [1.54, 1.807) is 23.2 Å². The first-order valence-electron chi connectivity index (χ1n) is 19.5. The minimum Gasteiger partial charge on any atom is -0.453 e. The van der Waals surface area contributed by atoms with Crippen molar-refractivity contribution in [2.45, 2.75) is 65.9 Å². The Morgan fingerprint density at radius 3 is 2.32 bits per heavy atom. The van der Waals surface area contributed by atoms with Gasteiger partial charge < -0.3 is 40.6 Å². The average molecular weight is 837 g/mol. The number of rotatable bonds is 14. The van der Waals surface area contributed by atoms with Crippen molar-refractivity contribution in [3.05, 3.63) is 78.1 Å². The number of hydrogen-bond donors (Lipinski definition) is 5. The molecule has 1 saturated heterocycles. The Morgan fingerprint density at radius 1 is 1.00 bits per heavy atom. The summed E-state index contributed by atoms with van der Waals surface area (Å²) in [7, 11) is 1.22. The van der Waals surface area contributed by atoms with Gasteiger partial charge in [-0.25, -0.2) is 19.2 Å². The SMILES string of the molecule is COC(=O)N[C@H](C(=O)N1C[C@@H](C)C[C@H]1c1ncc(-c2ccc(-c3cc(F)c(NC(=O)c4ccc(NCCNC(=O)[C@H]5CC5(C)C)nc4)cc3OC(F)(F)F)cc2)[nH]1)C(C)C. The van der Waals surface area contributed by atoms with Crippen molar-refractivity contribution in [3.8, 4) is 28.1 Å². The molecule has 0 spiro atoms. The number of alkyl carbamates (subject to hydrolysis) is 1. The zero-order valence-corrected chi connectivity index (χ0v) is 34.0. The van der Waals surface area contributed by atoms with Gasteiger partial charge in [-0.1, -0.05) is 58.9 Å². The van der Waals surface area contributed by atoms with Gasteiger partial charge in [-0.05, 0) is 59.4 Å². The number of anilines is 2. The fraction of sp³-hybridized carbons (Fsp3) is 0.429. The molecular formula is C42H48F4N8O6. The third-order valence-corrected chi connectivity index (χ3v) is 10.7. The molecule has 4 atom stereocenters. The molecule has 320 valence electrons. The van der Waals surface area contributed by atoms with Crippen LogP contribution in [0.1, 0.15) is 69.7 Å². The Balaban J connectivity index is 1.13. The minimum atomic E-state index is -5.14. The van der Waals surface area contributed by atoms with Crippen LogP contribution >= 0.6 is 0 Å². The van der Waals surface area contributed by atoms with Crippen LogP contribution in [0.5, 0.6) is 5.75 Å². The van der Waals surface area contributed by atoms with Gasteiger partial charge in [0.1, 0.15) is 29.3 Å². The lowest BCUT2D eigenvalue weighted by molar-refractivity contribution is -0.274. The number of H-pyrrole nitrogens is 1. The van der Waals surface area contributed by atoms with E-state index in [4.69, 9.17) is 4.74 Å². The van der Waals surface area contributed by atoms with Gasteiger partial charge in [0.05, 0.1) is 36.3 Å². The predicted molar refractivity (Wildman–Crippen MR) is 214 cm³/mol. The first-order valence-corrected chi connectivity index (χ1v) is 19.5. The topological polar surface area (TPSA) is 180 Å². The number of carbonyl (C=O) groups excluding carboxylic acids is 4. The number of halogens is 4. The normalized spacial score (nSPS) is 18.7. The number of likely N-dealkylation sites (tertiary alicyclic amines) is 1.